The molecule has 0 aliphatic heterocycles. The van der Waals surface area contributed by atoms with Gasteiger partial charge in [0.1, 0.15) is 28.0 Å². The number of hydrogen-bond donors (Lipinski definition) is 1. The largest absolute Gasteiger partial charge is 0.489 e. The molecular formula is C29H32FNO6S. The van der Waals surface area contributed by atoms with Crippen molar-refractivity contribution in [1.29, 1.82) is 0 Å². The van der Waals surface area contributed by atoms with E-state index in [0.717, 1.165) is 33.5 Å². The van der Waals surface area contributed by atoms with Gasteiger partial charge in [-0.15, -0.1) is 0 Å². The molecule has 1 N–H and O–H groups in total. The summed E-state index contributed by atoms with van der Waals surface area (Å²) in [6, 6.07) is 12.3. The highest BCUT2D eigenvalue weighted by atomic mass is 32.2. The number of nitrogens with zero attached hydrogens (tertiary/aromatic N) is 1. The third kappa shape index (κ3) is 6.89. The van der Waals surface area contributed by atoms with Crippen molar-refractivity contribution in [1.82, 2.24) is 4.98 Å². The number of aryl methyl sites for hydroxylation is 3. The summed E-state index contributed by atoms with van der Waals surface area (Å²) in [5.41, 5.74) is 5.80. The maximum Gasteiger partial charge on any atom is 0.306 e. The Morgan fingerprint density at radius 2 is 1.89 bits per heavy atom. The maximum absolute atomic E-state index is 14.7. The third-order valence-electron chi connectivity index (χ3n) is 6.77. The molecule has 0 saturated heterocycles. The van der Waals surface area contributed by atoms with E-state index in [1.54, 1.807) is 24.3 Å². The molecule has 7 nitrogen and oxygen atoms in total. The molecule has 0 saturated carbocycles. The number of halogens is 1. The Bertz CT molecular complexity index is 1430. The number of rotatable bonds is 10. The Hall–Kier alpha value is -3.46. The molecule has 0 radical (unpaired) electrons. The second kappa shape index (κ2) is 11.5. The predicted octanol–water partition coefficient (Wildman–Crippen LogP) is 5.09. The quantitative estimate of drug-likeness (QED) is 0.357. The van der Waals surface area contributed by atoms with Gasteiger partial charge in [0.2, 0.25) is 5.88 Å². The van der Waals surface area contributed by atoms with Gasteiger partial charge >= 0.3 is 5.97 Å². The highest BCUT2D eigenvalue weighted by molar-refractivity contribution is 7.90. The van der Waals surface area contributed by atoms with E-state index in [1.807, 2.05) is 26.0 Å². The molecule has 0 amide bonds. The van der Waals surface area contributed by atoms with Gasteiger partial charge in [0.05, 0.1) is 18.3 Å². The van der Waals surface area contributed by atoms with Gasteiger partial charge < -0.3 is 14.6 Å². The first-order valence-corrected chi connectivity index (χ1v) is 14.6. The zero-order valence-corrected chi connectivity index (χ0v) is 22.6. The van der Waals surface area contributed by atoms with Crippen LogP contribution in [0.15, 0.2) is 42.5 Å². The monoisotopic (exact) mass is 541 g/mol. The first kappa shape index (κ1) is 27.6. The van der Waals surface area contributed by atoms with Crippen LogP contribution in [0.25, 0.3) is 11.1 Å². The van der Waals surface area contributed by atoms with Crippen LogP contribution < -0.4 is 9.47 Å². The second-order valence-electron chi connectivity index (χ2n) is 9.87. The summed E-state index contributed by atoms with van der Waals surface area (Å²) in [5, 5.41) is 9.29. The molecular weight excluding hydrogens is 509 g/mol. The summed E-state index contributed by atoms with van der Waals surface area (Å²) < 4.78 is 48.9. The molecule has 4 rings (SSSR count). The van der Waals surface area contributed by atoms with Gasteiger partial charge in [-0.05, 0) is 86.1 Å². The highest BCUT2D eigenvalue weighted by Crippen LogP contribution is 2.32. The minimum absolute atomic E-state index is 0.0449. The molecule has 2 aromatic carbocycles. The normalized spacial score (nSPS) is 15.1. The molecule has 38 heavy (non-hydrogen) atoms. The fourth-order valence-corrected chi connectivity index (χ4v) is 5.48. The lowest BCUT2D eigenvalue weighted by atomic mass is 9.84. The number of benzene rings is 2. The standard InChI is InChI=1S/C29H32FNO6S/c1-18-13-27(36-11-4-12-38(3,34)35)31-19(2)28(18)22-8-10-26(30)24(15-22)17-37-25-9-7-20-14-23(29(32)33)6-5-21(20)16-25/h7-10,13,15-16,23H,4-6,11-12,14,17H2,1-3H3,(H,32,33). The fraction of sp³-hybridized carbons (Fsp3) is 0.379. The number of carbonyl (C=O) groups is 1. The predicted molar refractivity (Wildman–Crippen MR) is 143 cm³/mol. The van der Waals surface area contributed by atoms with Crippen molar-refractivity contribution in [2.45, 2.75) is 46.1 Å². The van der Waals surface area contributed by atoms with E-state index >= 15 is 0 Å². The number of aromatic nitrogens is 1. The smallest absolute Gasteiger partial charge is 0.306 e. The summed E-state index contributed by atoms with van der Waals surface area (Å²) in [5.74, 6) is -0.393. The van der Waals surface area contributed by atoms with Crippen molar-refractivity contribution < 1.29 is 32.2 Å². The number of carboxylic acid groups (broad SMARTS) is 1. The molecule has 1 aliphatic carbocycles. The van der Waals surface area contributed by atoms with Crippen molar-refractivity contribution in [2.24, 2.45) is 5.92 Å². The molecule has 9 heteroatoms. The van der Waals surface area contributed by atoms with E-state index in [4.69, 9.17) is 9.47 Å². The molecule has 0 spiro atoms. The number of aliphatic carboxylic acids is 1. The van der Waals surface area contributed by atoms with E-state index in [9.17, 15) is 22.7 Å². The number of pyridine rings is 1. The molecule has 0 bridgehead atoms. The summed E-state index contributed by atoms with van der Waals surface area (Å²) in [6.45, 7) is 4.07. The topological polar surface area (TPSA) is 103 Å². The van der Waals surface area contributed by atoms with Gasteiger partial charge in [0.25, 0.3) is 0 Å². The number of hydrogen-bond acceptors (Lipinski definition) is 6. The van der Waals surface area contributed by atoms with Gasteiger partial charge in [0, 0.05) is 29.1 Å². The van der Waals surface area contributed by atoms with Crippen LogP contribution in [0.1, 0.15) is 40.8 Å². The first-order valence-electron chi connectivity index (χ1n) is 12.5. The number of sulfone groups is 1. The lowest BCUT2D eigenvalue weighted by molar-refractivity contribution is -0.142. The number of fused-ring (bicyclic) bond motifs is 1. The molecule has 1 aliphatic rings. The number of ether oxygens (including phenoxy) is 2. The van der Waals surface area contributed by atoms with Crippen molar-refractivity contribution in [3.8, 4) is 22.8 Å². The van der Waals surface area contributed by atoms with Gasteiger partial charge in [-0.25, -0.2) is 17.8 Å². The van der Waals surface area contributed by atoms with Crippen molar-refractivity contribution >= 4 is 15.8 Å². The van der Waals surface area contributed by atoms with Gasteiger partial charge in [-0.2, -0.15) is 0 Å². The van der Waals surface area contributed by atoms with Crippen molar-refractivity contribution in [3.63, 3.8) is 0 Å². The van der Waals surface area contributed by atoms with E-state index in [1.165, 1.54) is 12.3 Å². The molecule has 202 valence electrons. The van der Waals surface area contributed by atoms with Crippen LogP contribution in [0.2, 0.25) is 0 Å². The van der Waals surface area contributed by atoms with Crippen LogP contribution in [0, 0.1) is 25.6 Å². The second-order valence-corrected chi connectivity index (χ2v) is 12.1. The summed E-state index contributed by atoms with van der Waals surface area (Å²) in [4.78, 5) is 15.8. The summed E-state index contributed by atoms with van der Waals surface area (Å²) in [6.07, 6.45) is 3.37. The Balaban J connectivity index is 1.45. The van der Waals surface area contributed by atoms with Gasteiger partial charge in [0.15, 0.2) is 0 Å². The Kier molecular flexibility index (Phi) is 8.35. The lowest BCUT2D eigenvalue weighted by Gasteiger charge is -2.22. The zero-order chi connectivity index (χ0) is 27.4. The van der Waals surface area contributed by atoms with E-state index in [2.05, 4.69) is 4.98 Å². The summed E-state index contributed by atoms with van der Waals surface area (Å²) >= 11 is 0. The minimum atomic E-state index is -3.04. The van der Waals surface area contributed by atoms with Crippen LogP contribution in [0.5, 0.6) is 11.6 Å². The molecule has 0 fully saturated rings. The Morgan fingerprint density at radius 3 is 2.61 bits per heavy atom. The molecule has 1 heterocycles. The van der Waals surface area contributed by atoms with Gasteiger partial charge in [-0.3, -0.25) is 4.79 Å². The first-order chi connectivity index (χ1) is 18.0. The van der Waals surface area contributed by atoms with Crippen LogP contribution in [0.4, 0.5) is 4.39 Å². The van der Waals surface area contributed by atoms with Crippen molar-refractivity contribution in [3.05, 3.63) is 76.2 Å². The maximum atomic E-state index is 14.7. The van der Waals surface area contributed by atoms with Crippen LogP contribution in [-0.2, 0) is 34.1 Å². The number of carboxylic acids is 1. The summed E-state index contributed by atoms with van der Waals surface area (Å²) in [7, 11) is -3.04. The molecule has 1 atom stereocenters. The Morgan fingerprint density at radius 1 is 1.11 bits per heavy atom. The highest BCUT2D eigenvalue weighted by Gasteiger charge is 2.24. The Labute approximate surface area is 222 Å². The minimum Gasteiger partial charge on any atom is -0.489 e. The van der Waals surface area contributed by atoms with E-state index < -0.39 is 15.8 Å². The lowest BCUT2D eigenvalue weighted by Crippen LogP contribution is -2.22. The van der Waals surface area contributed by atoms with Crippen molar-refractivity contribution in [2.75, 3.05) is 18.6 Å². The SMILES string of the molecule is Cc1cc(OCCCS(C)(=O)=O)nc(C)c1-c1ccc(F)c(COc2ccc3c(c2)CCC(C(=O)O)C3)c1. The molecule has 1 unspecified atom stereocenters. The molecule has 1 aromatic heterocycles. The average Bonchev–Trinajstić information content (AvgIpc) is 2.85. The third-order valence-corrected chi connectivity index (χ3v) is 7.80. The average molecular weight is 542 g/mol. The van der Waals surface area contributed by atoms with E-state index in [0.29, 0.717) is 42.9 Å². The molecule has 3 aromatic rings. The van der Waals surface area contributed by atoms with Crippen LogP contribution >= 0.6 is 0 Å². The van der Waals surface area contributed by atoms with Crippen LogP contribution in [0.3, 0.4) is 0 Å². The van der Waals surface area contributed by atoms with E-state index in [-0.39, 0.29) is 30.7 Å². The van der Waals surface area contributed by atoms with Crippen LogP contribution in [-0.4, -0.2) is 43.1 Å². The van der Waals surface area contributed by atoms with Gasteiger partial charge in [-0.1, -0.05) is 12.1 Å². The fourth-order valence-electron chi connectivity index (χ4n) is 4.84. The zero-order valence-electron chi connectivity index (χ0n) is 21.8.